The van der Waals surface area contributed by atoms with Crippen LogP contribution in [0.3, 0.4) is 0 Å². The Balaban J connectivity index is 1.89. The van der Waals surface area contributed by atoms with Crippen molar-refractivity contribution in [1.29, 1.82) is 0 Å². The van der Waals surface area contributed by atoms with Crippen molar-refractivity contribution >= 4 is 22.4 Å². The summed E-state index contributed by atoms with van der Waals surface area (Å²) < 4.78 is 38.7. The Morgan fingerprint density at radius 3 is 2.77 bits per heavy atom. The lowest BCUT2D eigenvalue weighted by molar-refractivity contribution is 0.102. The average Bonchev–Trinajstić information content (AvgIpc) is 3.12. The maximum atomic E-state index is 14.6. The molecule has 30 heavy (non-hydrogen) atoms. The number of hydrogen-bond acceptors (Lipinski definition) is 7. The van der Waals surface area contributed by atoms with Crippen LogP contribution in [0.1, 0.15) is 29.9 Å². The van der Waals surface area contributed by atoms with E-state index >= 15 is 0 Å². The molecule has 0 saturated carbocycles. The van der Waals surface area contributed by atoms with Gasteiger partial charge in [-0.1, -0.05) is 11.2 Å². The Kier molecular flexibility index (Phi) is 6.25. The van der Waals surface area contributed by atoms with Crippen LogP contribution in [0.2, 0.25) is 0 Å². The molecule has 0 aliphatic heterocycles. The summed E-state index contributed by atoms with van der Waals surface area (Å²) in [6.45, 7) is 4.28. The van der Waals surface area contributed by atoms with E-state index in [4.69, 9.17) is 9.47 Å². The van der Waals surface area contributed by atoms with Crippen molar-refractivity contribution in [3.63, 3.8) is 0 Å². The Labute approximate surface area is 176 Å². The van der Waals surface area contributed by atoms with Crippen molar-refractivity contribution in [1.82, 2.24) is 15.2 Å². The summed E-state index contributed by atoms with van der Waals surface area (Å²) in [5.74, 6) is -0.805. The standard InChI is InChI=1S/C20H20F2N4O3S/c1-11-8-12(16-14(21)6-5-7-15(16)28-4)13(9-23-11)17(27)24-18-25-26-19(30-18)29-10-20(2,3)22/h5-9H,10H2,1-4H3,(H,24,25,27). The Bertz CT molecular complexity index is 1070. The predicted octanol–water partition coefficient (Wildman–Crippen LogP) is 4.44. The summed E-state index contributed by atoms with van der Waals surface area (Å²) >= 11 is 0.950. The van der Waals surface area contributed by atoms with E-state index in [1.807, 2.05) is 0 Å². The van der Waals surface area contributed by atoms with Gasteiger partial charge in [-0.25, -0.2) is 8.78 Å². The van der Waals surface area contributed by atoms with Crippen LogP contribution in [-0.4, -0.2) is 40.5 Å². The molecule has 2 heterocycles. The minimum atomic E-state index is -1.53. The topological polar surface area (TPSA) is 86.2 Å². The lowest BCUT2D eigenvalue weighted by Gasteiger charge is -2.14. The fraction of sp³-hybridized carbons (Fsp3) is 0.300. The van der Waals surface area contributed by atoms with Crippen LogP contribution in [-0.2, 0) is 0 Å². The Morgan fingerprint density at radius 2 is 2.07 bits per heavy atom. The third kappa shape index (κ3) is 5.07. The summed E-state index contributed by atoms with van der Waals surface area (Å²) in [5, 5.41) is 10.5. The molecule has 0 aliphatic carbocycles. The molecule has 0 aliphatic rings. The molecule has 3 rings (SSSR count). The molecule has 158 valence electrons. The maximum absolute atomic E-state index is 14.6. The van der Waals surface area contributed by atoms with Gasteiger partial charge in [0.2, 0.25) is 5.13 Å². The molecule has 0 fully saturated rings. The highest BCUT2D eigenvalue weighted by molar-refractivity contribution is 7.17. The van der Waals surface area contributed by atoms with Crippen LogP contribution in [0.15, 0.2) is 30.5 Å². The molecule has 1 aromatic carbocycles. The van der Waals surface area contributed by atoms with Crippen molar-refractivity contribution in [2.45, 2.75) is 26.4 Å². The van der Waals surface area contributed by atoms with Gasteiger partial charge in [0.1, 0.15) is 23.8 Å². The molecule has 0 radical (unpaired) electrons. The number of benzene rings is 1. The number of methoxy groups -OCH3 is 1. The number of carbonyl (C=O) groups is 1. The maximum Gasteiger partial charge on any atom is 0.295 e. The number of aryl methyl sites for hydroxylation is 1. The van der Waals surface area contributed by atoms with Gasteiger partial charge in [0.05, 0.1) is 18.2 Å². The van der Waals surface area contributed by atoms with Gasteiger partial charge in [-0.15, -0.1) is 5.10 Å². The molecular weight excluding hydrogens is 414 g/mol. The number of anilines is 1. The molecule has 7 nitrogen and oxygen atoms in total. The Hall–Kier alpha value is -3.14. The van der Waals surface area contributed by atoms with Gasteiger partial charge >= 0.3 is 0 Å². The first-order chi connectivity index (χ1) is 14.2. The second kappa shape index (κ2) is 8.70. The van der Waals surface area contributed by atoms with Crippen LogP contribution >= 0.6 is 11.3 Å². The smallest absolute Gasteiger partial charge is 0.295 e. The first kappa shape index (κ1) is 21.6. The average molecular weight is 434 g/mol. The fourth-order valence-electron chi connectivity index (χ4n) is 2.60. The van der Waals surface area contributed by atoms with E-state index in [0.29, 0.717) is 11.3 Å². The van der Waals surface area contributed by atoms with Crippen LogP contribution in [0.5, 0.6) is 10.9 Å². The summed E-state index contributed by atoms with van der Waals surface area (Å²) in [5.41, 5.74) is -0.313. The molecule has 0 saturated heterocycles. The second-order valence-electron chi connectivity index (χ2n) is 7.02. The van der Waals surface area contributed by atoms with E-state index in [1.54, 1.807) is 19.1 Å². The van der Waals surface area contributed by atoms with Crippen molar-refractivity contribution in [3.8, 4) is 22.1 Å². The summed E-state index contributed by atoms with van der Waals surface area (Å²) in [7, 11) is 1.42. The zero-order valence-electron chi connectivity index (χ0n) is 16.8. The SMILES string of the molecule is COc1cccc(F)c1-c1cc(C)ncc1C(=O)Nc1nnc(OCC(C)(C)F)s1. The van der Waals surface area contributed by atoms with E-state index in [0.717, 1.165) is 11.3 Å². The second-order valence-corrected chi connectivity index (χ2v) is 7.96. The largest absolute Gasteiger partial charge is 0.496 e. The van der Waals surface area contributed by atoms with E-state index in [2.05, 4.69) is 20.5 Å². The van der Waals surface area contributed by atoms with Gasteiger partial charge in [-0.3, -0.25) is 15.1 Å². The third-order valence-corrected chi connectivity index (χ3v) is 4.67. The number of carbonyl (C=O) groups excluding carboxylic acids is 1. The molecule has 1 N–H and O–H groups in total. The van der Waals surface area contributed by atoms with Crippen LogP contribution < -0.4 is 14.8 Å². The number of pyridine rings is 1. The van der Waals surface area contributed by atoms with E-state index < -0.39 is 17.4 Å². The quantitative estimate of drug-likeness (QED) is 0.592. The molecule has 0 spiro atoms. The number of halogens is 2. The van der Waals surface area contributed by atoms with Gasteiger partial charge in [0.25, 0.3) is 11.1 Å². The number of alkyl halides is 1. The normalized spacial score (nSPS) is 11.3. The number of nitrogens with zero attached hydrogens (tertiary/aromatic N) is 3. The minimum absolute atomic E-state index is 0.119. The molecule has 10 heteroatoms. The summed E-state index contributed by atoms with van der Waals surface area (Å²) in [6.07, 6.45) is 1.36. The number of aromatic nitrogens is 3. The van der Waals surface area contributed by atoms with E-state index in [9.17, 15) is 13.6 Å². The third-order valence-electron chi connectivity index (χ3n) is 3.92. The number of rotatable bonds is 7. The fourth-order valence-corrected chi connectivity index (χ4v) is 3.19. The first-order valence-electron chi connectivity index (χ1n) is 8.94. The zero-order valence-corrected chi connectivity index (χ0v) is 17.6. The summed E-state index contributed by atoms with van der Waals surface area (Å²) in [6, 6.07) is 6.02. The van der Waals surface area contributed by atoms with Gasteiger partial charge < -0.3 is 9.47 Å². The lowest BCUT2D eigenvalue weighted by Crippen LogP contribution is -2.22. The van der Waals surface area contributed by atoms with Crippen molar-refractivity contribution in [2.75, 3.05) is 19.0 Å². The number of ether oxygens (including phenoxy) is 2. The molecule has 0 bridgehead atoms. The van der Waals surface area contributed by atoms with Gasteiger partial charge in [0, 0.05) is 17.5 Å². The van der Waals surface area contributed by atoms with Crippen LogP contribution in [0.25, 0.3) is 11.1 Å². The van der Waals surface area contributed by atoms with Crippen LogP contribution in [0, 0.1) is 12.7 Å². The lowest BCUT2D eigenvalue weighted by atomic mass is 9.98. The number of nitrogens with one attached hydrogen (secondary N) is 1. The van der Waals surface area contributed by atoms with Gasteiger partial charge in [-0.05, 0) is 50.3 Å². The van der Waals surface area contributed by atoms with E-state index in [-0.39, 0.29) is 33.8 Å². The van der Waals surface area contributed by atoms with Crippen molar-refractivity contribution in [2.24, 2.45) is 0 Å². The molecule has 0 atom stereocenters. The zero-order chi connectivity index (χ0) is 21.9. The molecule has 1 amide bonds. The van der Waals surface area contributed by atoms with Crippen molar-refractivity contribution in [3.05, 3.63) is 47.5 Å². The number of hydrogen-bond donors (Lipinski definition) is 1. The highest BCUT2D eigenvalue weighted by atomic mass is 32.1. The molecular formula is C20H20F2N4O3S. The molecule has 0 unspecified atom stereocenters. The highest BCUT2D eigenvalue weighted by Crippen LogP contribution is 2.35. The monoisotopic (exact) mass is 434 g/mol. The first-order valence-corrected chi connectivity index (χ1v) is 9.75. The number of amides is 1. The van der Waals surface area contributed by atoms with Gasteiger partial charge in [0.15, 0.2) is 0 Å². The van der Waals surface area contributed by atoms with E-state index in [1.165, 1.54) is 39.3 Å². The molecule has 3 aromatic rings. The van der Waals surface area contributed by atoms with Gasteiger partial charge in [-0.2, -0.15) is 0 Å². The minimum Gasteiger partial charge on any atom is -0.496 e. The summed E-state index contributed by atoms with van der Waals surface area (Å²) in [4.78, 5) is 17.0. The van der Waals surface area contributed by atoms with Crippen LogP contribution in [0.4, 0.5) is 13.9 Å². The Morgan fingerprint density at radius 1 is 1.30 bits per heavy atom. The molecule has 2 aromatic heterocycles. The predicted molar refractivity (Wildman–Crippen MR) is 109 cm³/mol. The highest BCUT2D eigenvalue weighted by Gasteiger charge is 2.22. The van der Waals surface area contributed by atoms with Crippen molar-refractivity contribution < 1.29 is 23.0 Å².